The zero-order valence-electron chi connectivity index (χ0n) is 11.6. The zero-order chi connectivity index (χ0) is 13.8. The summed E-state index contributed by atoms with van der Waals surface area (Å²) < 4.78 is 10.6. The second-order valence-corrected chi connectivity index (χ2v) is 4.73. The third-order valence-electron chi connectivity index (χ3n) is 3.31. The van der Waals surface area contributed by atoms with Gasteiger partial charge < -0.3 is 19.7 Å². The summed E-state index contributed by atoms with van der Waals surface area (Å²) in [7, 11) is 1.73. The number of carbonyl (C=O) groups is 1. The number of hydrogen-bond donors (Lipinski definition) is 1. The lowest BCUT2D eigenvalue weighted by atomic mass is 10.1. The molecule has 1 fully saturated rings. The van der Waals surface area contributed by atoms with E-state index < -0.39 is 0 Å². The van der Waals surface area contributed by atoms with Crippen molar-refractivity contribution < 1.29 is 14.3 Å². The summed E-state index contributed by atoms with van der Waals surface area (Å²) in [4.78, 5) is 13.6. The molecule has 1 heterocycles. The van der Waals surface area contributed by atoms with Crippen molar-refractivity contribution in [2.24, 2.45) is 0 Å². The first kappa shape index (κ1) is 13.8. The average Bonchev–Trinajstić information content (AvgIpc) is 2.87. The third-order valence-corrected chi connectivity index (χ3v) is 3.31. The van der Waals surface area contributed by atoms with Crippen molar-refractivity contribution in [2.45, 2.75) is 20.1 Å². The first-order chi connectivity index (χ1) is 9.08. The number of urea groups is 1. The first-order valence-corrected chi connectivity index (χ1v) is 6.39. The molecule has 1 aromatic carbocycles. The molecule has 0 saturated carbocycles. The van der Waals surface area contributed by atoms with Gasteiger partial charge in [-0.25, -0.2) is 4.79 Å². The number of ether oxygens (including phenoxy) is 2. The standard InChI is InChI=1S/C14H20N2O3/c1-10-5-4-6-12(11(10)2)15-14(17)16(3)9-13-18-7-8-19-13/h4-6,13H,7-9H2,1-3H3,(H,15,17). The van der Waals surface area contributed by atoms with Gasteiger partial charge in [0.05, 0.1) is 19.8 Å². The molecule has 5 heteroatoms. The summed E-state index contributed by atoms with van der Waals surface area (Å²) in [5.74, 6) is 0. The second-order valence-electron chi connectivity index (χ2n) is 4.73. The Balaban J connectivity index is 1.94. The Bertz CT molecular complexity index is 456. The van der Waals surface area contributed by atoms with Gasteiger partial charge >= 0.3 is 6.03 Å². The van der Waals surface area contributed by atoms with Gasteiger partial charge in [0.2, 0.25) is 0 Å². The van der Waals surface area contributed by atoms with Gasteiger partial charge in [-0.05, 0) is 31.0 Å². The van der Waals surface area contributed by atoms with E-state index in [0.717, 1.165) is 16.8 Å². The van der Waals surface area contributed by atoms with Gasteiger partial charge in [0.25, 0.3) is 0 Å². The first-order valence-electron chi connectivity index (χ1n) is 6.39. The van der Waals surface area contributed by atoms with Gasteiger partial charge in [-0.15, -0.1) is 0 Å². The van der Waals surface area contributed by atoms with Crippen molar-refractivity contribution in [2.75, 3.05) is 32.1 Å². The smallest absolute Gasteiger partial charge is 0.321 e. The lowest BCUT2D eigenvalue weighted by Gasteiger charge is -2.21. The molecule has 0 unspecified atom stereocenters. The lowest BCUT2D eigenvalue weighted by Crippen LogP contribution is -2.37. The normalized spacial score (nSPS) is 15.5. The van der Waals surface area contributed by atoms with Gasteiger partial charge in [-0.2, -0.15) is 0 Å². The molecule has 104 valence electrons. The Kier molecular flexibility index (Phi) is 4.39. The monoisotopic (exact) mass is 264 g/mol. The highest BCUT2D eigenvalue weighted by molar-refractivity contribution is 5.90. The molecule has 1 saturated heterocycles. The van der Waals surface area contributed by atoms with E-state index in [2.05, 4.69) is 5.32 Å². The van der Waals surface area contributed by atoms with Crippen molar-refractivity contribution in [1.29, 1.82) is 0 Å². The Morgan fingerprint density at radius 3 is 2.74 bits per heavy atom. The summed E-state index contributed by atoms with van der Waals surface area (Å²) >= 11 is 0. The minimum atomic E-state index is -0.311. The van der Waals surface area contributed by atoms with E-state index in [9.17, 15) is 4.79 Å². The van der Waals surface area contributed by atoms with Crippen LogP contribution in [-0.4, -0.2) is 44.0 Å². The molecule has 1 aliphatic rings. The van der Waals surface area contributed by atoms with E-state index in [-0.39, 0.29) is 12.3 Å². The van der Waals surface area contributed by atoms with Crippen LogP contribution >= 0.6 is 0 Å². The van der Waals surface area contributed by atoms with Crippen molar-refractivity contribution >= 4 is 11.7 Å². The molecular weight excluding hydrogens is 244 g/mol. The van der Waals surface area contributed by atoms with Crippen molar-refractivity contribution in [3.63, 3.8) is 0 Å². The van der Waals surface area contributed by atoms with Gasteiger partial charge in [0, 0.05) is 12.7 Å². The van der Waals surface area contributed by atoms with Gasteiger partial charge in [0.1, 0.15) is 0 Å². The predicted octanol–water partition coefficient (Wildman–Crippen LogP) is 2.14. The van der Waals surface area contributed by atoms with Crippen LogP contribution in [0.5, 0.6) is 0 Å². The largest absolute Gasteiger partial charge is 0.348 e. The molecule has 0 atom stereocenters. The van der Waals surface area contributed by atoms with Crippen molar-refractivity contribution in [3.8, 4) is 0 Å². The Hall–Kier alpha value is -1.59. The number of nitrogens with zero attached hydrogens (tertiary/aromatic N) is 1. The highest BCUT2D eigenvalue weighted by Gasteiger charge is 2.20. The SMILES string of the molecule is Cc1cccc(NC(=O)N(C)CC2OCCO2)c1C. The second kappa shape index (κ2) is 6.04. The summed E-state index contributed by atoms with van der Waals surface area (Å²) in [6, 6.07) is 5.69. The number of aryl methyl sites for hydroxylation is 1. The van der Waals surface area contributed by atoms with Crippen LogP contribution in [0, 0.1) is 13.8 Å². The highest BCUT2D eigenvalue weighted by atomic mass is 16.7. The molecule has 1 aromatic rings. The fourth-order valence-corrected chi connectivity index (χ4v) is 1.92. The van der Waals surface area contributed by atoms with E-state index in [1.807, 2.05) is 32.0 Å². The van der Waals surface area contributed by atoms with E-state index in [1.54, 1.807) is 11.9 Å². The number of carbonyl (C=O) groups excluding carboxylic acids is 1. The van der Waals surface area contributed by atoms with Crippen LogP contribution < -0.4 is 5.32 Å². The number of likely N-dealkylation sites (N-methyl/N-ethyl adjacent to an activating group) is 1. The topological polar surface area (TPSA) is 50.8 Å². The Morgan fingerprint density at radius 1 is 1.37 bits per heavy atom. The quantitative estimate of drug-likeness (QED) is 0.910. The molecule has 1 N–H and O–H groups in total. The van der Waals surface area contributed by atoms with Crippen LogP contribution in [-0.2, 0) is 9.47 Å². The summed E-state index contributed by atoms with van der Waals surface area (Å²) in [5, 5.41) is 2.90. The molecule has 2 amide bonds. The van der Waals surface area contributed by atoms with Crippen LogP contribution in [0.25, 0.3) is 0 Å². The molecule has 5 nitrogen and oxygen atoms in total. The van der Waals surface area contributed by atoms with Gasteiger partial charge in [-0.1, -0.05) is 12.1 Å². The molecule has 19 heavy (non-hydrogen) atoms. The van der Waals surface area contributed by atoms with Crippen LogP contribution in [0.3, 0.4) is 0 Å². The lowest BCUT2D eigenvalue weighted by molar-refractivity contribution is -0.0518. The van der Waals surface area contributed by atoms with Gasteiger partial charge in [-0.3, -0.25) is 0 Å². The maximum Gasteiger partial charge on any atom is 0.321 e. The number of nitrogens with one attached hydrogen (secondary N) is 1. The van der Waals surface area contributed by atoms with E-state index in [4.69, 9.17) is 9.47 Å². The van der Waals surface area contributed by atoms with Crippen LogP contribution in [0.2, 0.25) is 0 Å². The molecular formula is C14H20N2O3. The molecule has 0 aliphatic carbocycles. The Morgan fingerprint density at radius 2 is 2.05 bits per heavy atom. The number of anilines is 1. The fourth-order valence-electron chi connectivity index (χ4n) is 1.92. The van der Waals surface area contributed by atoms with E-state index in [0.29, 0.717) is 19.8 Å². The maximum absolute atomic E-state index is 12.1. The minimum Gasteiger partial charge on any atom is -0.348 e. The summed E-state index contributed by atoms with van der Waals surface area (Å²) in [6.07, 6.45) is -0.311. The van der Waals surface area contributed by atoms with Crippen molar-refractivity contribution in [1.82, 2.24) is 4.90 Å². The minimum absolute atomic E-state index is 0.159. The number of benzene rings is 1. The van der Waals surface area contributed by atoms with Crippen molar-refractivity contribution in [3.05, 3.63) is 29.3 Å². The molecule has 1 aliphatic heterocycles. The zero-order valence-corrected chi connectivity index (χ0v) is 11.6. The average molecular weight is 264 g/mol. The molecule has 0 radical (unpaired) electrons. The number of hydrogen-bond acceptors (Lipinski definition) is 3. The summed E-state index contributed by atoms with van der Waals surface area (Å²) in [5.41, 5.74) is 3.07. The van der Waals surface area contributed by atoms with Gasteiger partial charge in [0.15, 0.2) is 6.29 Å². The molecule has 0 aromatic heterocycles. The van der Waals surface area contributed by atoms with E-state index in [1.165, 1.54) is 0 Å². The third kappa shape index (κ3) is 3.45. The van der Waals surface area contributed by atoms with Crippen LogP contribution in [0.15, 0.2) is 18.2 Å². The molecule has 0 bridgehead atoms. The van der Waals surface area contributed by atoms with Crippen LogP contribution in [0.1, 0.15) is 11.1 Å². The fraction of sp³-hybridized carbons (Fsp3) is 0.500. The molecule has 0 spiro atoms. The Labute approximate surface area is 113 Å². The predicted molar refractivity (Wildman–Crippen MR) is 73.3 cm³/mol. The van der Waals surface area contributed by atoms with Crippen LogP contribution in [0.4, 0.5) is 10.5 Å². The maximum atomic E-state index is 12.1. The number of rotatable bonds is 3. The molecule has 2 rings (SSSR count). The van der Waals surface area contributed by atoms with E-state index >= 15 is 0 Å². The number of amides is 2. The summed E-state index contributed by atoms with van der Waals surface area (Å²) in [6.45, 7) is 5.63. The highest BCUT2D eigenvalue weighted by Crippen LogP contribution is 2.18.